The van der Waals surface area contributed by atoms with Crippen molar-refractivity contribution >= 4 is 54.9 Å². The van der Waals surface area contributed by atoms with E-state index in [2.05, 4.69) is 141 Å². The molecule has 184 valence electrons. The Morgan fingerprint density at radius 2 is 1.26 bits per heavy atom. The summed E-state index contributed by atoms with van der Waals surface area (Å²) in [6, 6.07) is 41.0. The van der Waals surface area contributed by atoms with E-state index in [1.54, 1.807) is 0 Å². The highest BCUT2D eigenvalue weighted by Crippen LogP contribution is 2.44. The lowest BCUT2D eigenvalue weighted by molar-refractivity contribution is 0.573. The molecule has 0 aliphatic carbocycles. The molecule has 0 unspecified atom stereocenters. The van der Waals surface area contributed by atoms with Crippen molar-refractivity contribution in [3.63, 3.8) is 0 Å². The van der Waals surface area contributed by atoms with Crippen molar-refractivity contribution in [3.8, 4) is 11.1 Å². The van der Waals surface area contributed by atoms with E-state index in [0.717, 1.165) is 38.9 Å². The second kappa shape index (κ2) is 8.49. The Kier molecular flexibility index (Phi) is 5.06. The lowest BCUT2D eigenvalue weighted by atomic mass is 9.86. The number of hydrogen-bond donors (Lipinski definition) is 1. The summed E-state index contributed by atoms with van der Waals surface area (Å²) in [7, 11) is 0. The van der Waals surface area contributed by atoms with Crippen LogP contribution in [0.25, 0.3) is 54.6 Å². The average Bonchev–Trinajstić information content (AvgIpc) is 3.33. The summed E-state index contributed by atoms with van der Waals surface area (Å²) in [4.78, 5) is 0. The van der Waals surface area contributed by atoms with Gasteiger partial charge in [0, 0.05) is 27.6 Å². The molecule has 7 aromatic rings. The van der Waals surface area contributed by atoms with Crippen LogP contribution in [0.2, 0.25) is 0 Å². The van der Waals surface area contributed by atoms with E-state index in [4.69, 9.17) is 4.42 Å². The minimum atomic E-state index is -0.0283. The number of anilines is 2. The minimum Gasteiger partial charge on any atom is -0.454 e. The highest BCUT2D eigenvalue weighted by Gasteiger charge is 2.23. The Balaban J connectivity index is 1.46. The van der Waals surface area contributed by atoms with E-state index in [0.29, 0.717) is 0 Å². The van der Waals surface area contributed by atoms with Crippen molar-refractivity contribution in [3.05, 3.63) is 121 Å². The number of furan rings is 1. The van der Waals surface area contributed by atoms with Crippen molar-refractivity contribution in [1.82, 2.24) is 0 Å². The van der Waals surface area contributed by atoms with Crippen molar-refractivity contribution in [2.45, 2.75) is 26.2 Å². The fourth-order valence-electron chi connectivity index (χ4n) is 5.68. The summed E-state index contributed by atoms with van der Waals surface area (Å²) < 4.78 is 6.76. The summed E-state index contributed by atoms with van der Waals surface area (Å²) in [5, 5.41) is 11.0. The van der Waals surface area contributed by atoms with Crippen LogP contribution in [0.5, 0.6) is 0 Å². The molecular formula is C36H29NO. The highest BCUT2D eigenvalue weighted by atomic mass is 16.3. The Bertz CT molecular complexity index is 1990. The summed E-state index contributed by atoms with van der Waals surface area (Å²) in [6.45, 7) is 6.73. The van der Waals surface area contributed by atoms with Crippen LogP contribution in [0.4, 0.5) is 11.4 Å². The standard InChI is InChI=1S/C36H29NO/c1-36(2,3)30-17-10-16-29-33-28-15-7-6-13-25(28)22-32(35(33)38-34(29)30)37-31-18-9-8-14-27(31)26-20-19-23-11-4-5-12-24(23)21-26/h4-22,37H,1-3H3. The molecule has 0 radical (unpaired) electrons. The number of fused-ring (bicyclic) bond motifs is 6. The van der Waals surface area contributed by atoms with Gasteiger partial charge in [-0.2, -0.15) is 0 Å². The molecule has 0 saturated heterocycles. The zero-order valence-electron chi connectivity index (χ0n) is 21.9. The van der Waals surface area contributed by atoms with E-state index in [1.165, 1.54) is 32.7 Å². The number of hydrogen-bond acceptors (Lipinski definition) is 2. The zero-order chi connectivity index (χ0) is 25.9. The van der Waals surface area contributed by atoms with Gasteiger partial charge in [0.25, 0.3) is 0 Å². The molecule has 0 fully saturated rings. The Labute approximate surface area is 222 Å². The molecule has 0 amide bonds. The number of benzene rings is 6. The van der Waals surface area contributed by atoms with Crippen LogP contribution in [-0.4, -0.2) is 0 Å². The van der Waals surface area contributed by atoms with Gasteiger partial charge < -0.3 is 9.73 Å². The third-order valence-corrected chi connectivity index (χ3v) is 7.56. The molecule has 0 bridgehead atoms. The molecule has 6 aromatic carbocycles. The molecule has 1 N–H and O–H groups in total. The maximum absolute atomic E-state index is 6.76. The Morgan fingerprint density at radius 1 is 0.553 bits per heavy atom. The molecule has 0 saturated carbocycles. The van der Waals surface area contributed by atoms with E-state index < -0.39 is 0 Å². The molecule has 0 spiro atoms. The number of para-hydroxylation sites is 2. The quantitative estimate of drug-likeness (QED) is 0.266. The van der Waals surface area contributed by atoms with Crippen molar-refractivity contribution in [2.24, 2.45) is 0 Å². The predicted molar refractivity (Wildman–Crippen MR) is 163 cm³/mol. The van der Waals surface area contributed by atoms with Gasteiger partial charge in [0.2, 0.25) is 0 Å². The molecule has 0 aliphatic rings. The van der Waals surface area contributed by atoms with Gasteiger partial charge in [-0.1, -0.05) is 118 Å². The summed E-state index contributed by atoms with van der Waals surface area (Å²) in [5.41, 5.74) is 7.42. The minimum absolute atomic E-state index is 0.0283. The molecule has 2 nitrogen and oxygen atoms in total. The molecule has 38 heavy (non-hydrogen) atoms. The summed E-state index contributed by atoms with van der Waals surface area (Å²) in [6.07, 6.45) is 0. The van der Waals surface area contributed by atoms with E-state index in [-0.39, 0.29) is 5.41 Å². The smallest absolute Gasteiger partial charge is 0.159 e. The van der Waals surface area contributed by atoms with Gasteiger partial charge in [0.1, 0.15) is 5.58 Å². The fraction of sp³-hybridized carbons (Fsp3) is 0.111. The van der Waals surface area contributed by atoms with Gasteiger partial charge in [-0.15, -0.1) is 0 Å². The normalized spacial score (nSPS) is 12.1. The third-order valence-electron chi connectivity index (χ3n) is 7.56. The SMILES string of the molecule is CC(C)(C)c1cccc2c1oc1c(Nc3ccccc3-c3ccc4ccccc4c3)cc3ccccc3c12. The first-order chi connectivity index (χ1) is 18.5. The highest BCUT2D eigenvalue weighted by molar-refractivity contribution is 6.23. The van der Waals surface area contributed by atoms with Crippen LogP contribution in [-0.2, 0) is 5.41 Å². The first kappa shape index (κ1) is 22.6. The maximum atomic E-state index is 6.76. The summed E-state index contributed by atoms with van der Waals surface area (Å²) in [5.74, 6) is 0. The topological polar surface area (TPSA) is 25.2 Å². The van der Waals surface area contributed by atoms with Gasteiger partial charge in [0.15, 0.2) is 5.58 Å². The van der Waals surface area contributed by atoms with Crippen LogP contribution in [0.15, 0.2) is 120 Å². The lowest BCUT2D eigenvalue weighted by Gasteiger charge is -2.18. The Hall–Kier alpha value is -4.56. The predicted octanol–water partition coefficient (Wildman–Crippen LogP) is 10.6. The van der Waals surface area contributed by atoms with Crippen LogP contribution in [0, 0.1) is 0 Å². The van der Waals surface area contributed by atoms with Crippen LogP contribution >= 0.6 is 0 Å². The zero-order valence-corrected chi connectivity index (χ0v) is 21.9. The van der Waals surface area contributed by atoms with Gasteiger partial charge in [-0.25, -0.2) is 0 Å². The number of rotatable bonds is 3. The maximum Gasteiger partial charge on any atom is 0.159 e. The van der Waals surface area contributed by atoms with Crippen molar-refractivity contribution < 1.29 is 4.42 Å². The Morgan fingerprint density at radius 3 is 2.11 bits per heavy atom. The molecule has 0 atom stereocenters. The molecular weight excluding hydrogens is 462 g/mol. The van der Waals surface area contributed by atoms with Gasteiger partial charge in [0.05, 0.1) is 5.69 Å². The van der Waals surface area contributed by atoms with Crippen LogP contribution < -0.4 is 5.32 Å². The van der Waals surface area contributed by atoms with Crippen LogP contribution in [0.3, 0.4) is 0 Å². The van der Waals surface area contributed by atoms with Gasteiger partial charge in [-0.3, -0.25) is 0 Å². The van der Waals surface area contributed by atoms with Crippen molar-refractivity contribution in [1.29, 1.82) is 0 Å². The summed E-state index contributed by atoms with van der Waals surface area (Å²) >= 11 is 0. The monoisotopic (exact) mass is 491 g/mol. The molecule has 2 heteroatoms. The molecule has 1 heterocycles. The fourth-order valence-corrected chi connectivity index (χ4v) is 5.68. The van der Waals surface area contributed by atoms with E-state index >= 15 is 0 Å². The van der Waals surface area contributed by atoms with Crippen LogP contribution in [0.1, 0.15) is 26.3 Å². The third kappa shape index (κ3) is 3.64. The van der Waals surface area contributed by atoms with Gasteiger partial charge >= 0.3 is 0 Å². The first-order valence-corrected chi connectivity index (χ1v) is 13.2. The van der Waals surface area contributed by atoms with Gasteiger partial charge in [-0.05, 0) is 50.7 Å². The second-order valence-electron chi connectivity index (χ2n) is 11.1. The molecule has 0 aliphatic heterocycles. The molecule has 1 aromatic heterocycles. The molecule has 7 rings (SSSR count). The largest absolute Gasteiger partial charge is 0.454 e. The first-order valence-electron chi connectivity index (χ1n) is 13.2. The second-order valence-corrected chi connectivity index (χ2v) is 11.1. The van der Waals surface area contributed by atoms with E-state index in [9.17, 15) is 0 Å². The van der Waals surface area contributed by atoms with Crippen molar-refractivity contribution in [2.75, 3.05) is 5.32 Å². The number of nitrogens with one attached hydrogen (secondary N) is 1. The lowest BCUT2D eigenvalue weighted by Crippen LogP contribution is -2.10. The van der Waals surface area contributed by atoms with E-state index in [1.807, 2.05) is 0 Å². The average molecular weight is 492 g/mol.